The van der Waals surface area contributed by atoms with Gasteiger partial charge in [-0.15, -0.1) is 0 Å². The standard InChI is InChI=1S/C20H22N4O5S/c1-11(2)21-16(25)9-15-10-30-20-22-12(3)17(19(26)29-4)18(23(15)20)13-6-5-7-14(8-13)24(27)28/h5-8,10-11,18H,9H2,1-4H3,(H,21,25). The highest BCUT2D eigenvalue weighted by molar-refractivity contribution is 8.16. The third kappa shape index (κ3) is 4.23. The van der Waals surface area contributed by atoms with Crippen LogP contribution in [0.3, 0.4) is 0 Å². The highest BCUT2D eigenvalue weighted by atomic mass is 32.2. The SMILES string of the molecule is COC(=O)C1=C(C)N=C2SC=C(CC(=O)NC(C)C)N2C1c1cccc([N+](=O)[O-])c1. The van der Waals surface area contributed by atoms with Crippen molar-refractivity contribution in [3.05, 3.63) is 62.3 Å². The van der Waals surface area contributed by atoms with Crippen LogP contribution in [0.5, 0.6) is 0 Å². The number of allylic oxidation sites excluding steroid dienone is 1. The van der Waals surface area contributed by atoms with Gasteiger partial charge in [0.25, 0.3) is 5.69 Å². The van der Waals surface area contributed by atoms with Crippen LogP contribution in [0.15, 0.2) is 51.6 Å². The first-order valence-corrected chi connectivity index (χ1v) is 10.2. The number of carbonyl (C=O) groups excluding carboxylic acids is 2. The molecule has 0 saturated heterocycles. The van der Waals surface area contributed by atoms with Crippen molar-refractivity contribution in [3.63, 3.8) is 0 Å². The third-order valence-electron chi connectivity index (χ3n) is 4.59. The minimum Gasteiger partial charge on any atom is -0.466 e. The van der Waals surface area contributed by atoms with Crippen molar-refractivity contribution in [3.8, 4) is 0 Å². The molecule has 0 spiro atoms. The summed E-state index contributed by atoms with van der Waals surface area (Å²) in [7, 11) is 1.28. The van der Waals surface area contributed by atoms with Crippen molar-refractivity contribution in [1.82, 2.24) is 10.2 Å². The molecule has 2 heterocycles. The number of hydrogen-bond donors (Lipinski definition) is 1. The molecule has 0 bridgehead atoms. The lowest BCUT2D eigenvalue weighted by Crippen LogP contribution is -2.38. The Balaban J connectivity index is 2.08. The fourth-order valence-corrected chi connectivity index (χ4v) is 4.37. The van der Waals surface area contributed by atoms with Gasteiger partial charge in [-0.2, -0.15) is 0 Å². The Morgan fingerprint density at radius 3 is 2.77 bits per heavy atom. The van der Waals surface area contributed by atoms with Gasteiger partial charge in [0.05, 0.1) is 35.8 Å². The summed E-state index contributed by atoms with van der Waals surface area (Å²) in [6, 6.07) is 5.40. The van der Waals surface area contributed by atoms with E-state index in [1.165, 1.54) is 31.0 Å². The second kappa shape index (κ2) is 8.70. The number of nitro groups is 1. The number of amides is 1. The summed E-state index contributed by atoms with van der Waals surface area (Å²) in [4.78, 5) is 42.1. The number of hydrogen-bond acceptors (Lipinski definition) is 8. The normalized spacial score (nSPS) is 18.0. The Hall–Kier alpha value is -3.14. The van der Waals surface area contributed by atoms with Crippen molar-refractivity contribution in [2.75, 3.05) is 7.11 Å². The number of nitrogens with one attached hydrogen (secondary N) is 1. The van der Waals surface area contributed by atoms with Gasteiger partial charge in [0.15, 0.2) is 5.17 Å². The maximum atomic E-state index is 12.6. The van der Waals surface area contributed by atoms with Crippen LogP contribution < -0.4 is 5.32 Å². The lowest BCUT2D eigenvalue weighted by molar-refractivity contribution is -0.384. The molecule has 1 unspecified atom stereocenters. The molecule has 0 radical (unpaired) electrons. The van der Waals surface area contributed by atoms with E-state index in [2.05, 4.69) is 10.3 Å². The molecule has 2 aliphatic rings. The molecule has 0 aliphatic carbocycles. The Morgan fingerprint density at radius 1 is 1.40 bits per heavy atom. The second-order valence-corrected chi connectivity index (χ2v) is 7.97. The maximum absolute atomic E-state index is 12.6. The maximum Gasteiger partial charge on any atom is 0.338 e. The fraction of sp³-hybridized carbons (Fsp3) is 0.350. The number of amidine groups is 1. The number of rotatable bonds is 6. The van der Waals surface area contributed by atoms with Crippen LogP contribution in [0.25, 0.3) is 0 Å². The minimum absolute atomic E-state index is 0.0120. The van der Waals surface area contributed by atoms with Crippen LogP contribution in [0.1, 0.15) is 38.8 Å². The quantitative estimate of drug-likeness (QED) is 0.418. The number of nitrogens with zero attached hydrogens (tertiary/aromatic N) is 3. The molecule has 1 amide bonds. The molecule has 30 heavy (non-hydrogen) atoms. The average molecular weight is 430 g/mol. The number of esters is 1. The summed E-state index contributed by atoms with van der Waals surface area (Å²) in [5.41, 5.74) is 1.85. The number of aliphatic imine (C=N–C) groups is 1. The number of carbonyl (C=O) groups is 2. The summed E-state index contributed by atoms with van der Waals surface area (Å²) in [5, 5.41) is 16.6. The molecule has 1 atom stereocenters. The average Bonchev–Trinajstić information content (AvgIpc) is 3.07. The van der Waals surface area contributed by atoms with Crippen LogP contribution in [-0.4, -0.2) is 40.0 Å². The highest BCUT2D eigenvalue weighted by Crippen LogP contribution is 2.45. The summed E-state index contributed by atoms with van der Waals surface area (Å²) in [6.45, 7) is 5.44. The number of fused-ring (bicyclic) bond motifs is 1. The van der Waals surface area contributed by atoms with Crippen molar-refractivity contribution in [1.29, 1.82) is 0 Å². The summed E-state index contributed by atoms with van der Waals surface area (Å²) >= 11 is 1.34. The Morgan fingerprint density at radius 2 is 2.13 bits per heavy atom. The zero-order valence-electron chi connectivity index (χ0n) is 17.0. The molecule has 158 valence electrons. The zero-order chi connectivity index (χ0) is 22.0. The molecule has 0 saturated carbocycles. The molecular formula is C20H22N4O5S. The van der Waals surface area contributed by atoms with E-state index in [1.807, 2.05) is 19.3 Å². The molecule has 9 nitrogen and oxygen atoms in total. The minimum atomic E-state index is -0.696. The number of thioether (sulfide) groups is 1. The highest BCUT2D eigenvalue weighted by Gasteiger charge is 2.41. The van der Waals surface area contributed by atoms with Crippen LogP contribution in [-0.2, 0) is 14.3 Å². The Bertz CT molecular complexity index is 999. The van der Waals surface area contributed by atoms with Crippen molar-refractivity contribution < 1.29 is 19.2 Å². The number of nitro benzene ring substituents is 1. The van der Waals surface area contributed by atoms with Crippen LogP contribution in [0.4, 0.5) is 5.69 Å². The number of ether oxygens (including phenoxy) is 1. The van der Waals surface area contributed by atoms with E-state index >= 15 is 0 Å². The van der Waals surface area contributed by atoms with E-state index in [0.29, 0.717) is 22.1 Å². The third-order valence-corrected chi connectivity index (χ3v) is 5.48. The zero-order valence-corrected chi connectivity index (χ0v) is 17.9. The molecule has 0 fully saturated rings. The van der Waals surface area contributed by atoms with E-state index in [9.17, 15) is 19.7 Å². The van der Waals surface area contributed by atoms with E-state index in [1.54, 1.807) is 24.0 Å². The Kier molecular flexibility index (Phi) is 6.25. The first-order chi connectivity index (χ1) is 14.2. The largest absolute Gasteiger partial charge is 0.466 e. The molecule has 1 N–H and O–H groups in total. The summed E-state index contributed by atoms with van der Waals surface area (Å²) in [5.74, 6) is -0.739. The number of non-ortho nitro benzene ring substituents is 1. The second-order valence-electron chi connectivity index (χ2n) is 7.14. The van der Waals surface area contributed by atoms with Gasteiger partial charge >= 0.3 is 5.97 Å². The fourth-order valence-electron chi connectivity index (χ4n) is 3.40. The summed E-state index contributed by atoms with van der Waals surface area (Å²) in [6.07, 6.45) is 0.0864. The Labute approximate surface area is 178 Å². The van der Waals surface area contributed by atoms with Crippen molar-refractivity contribution in [2.24, 2.45) is 4.99 Å². The van der Waals surface area contributed by atoms with Crippen molar-refractivity contribution in [2.45, 2.75) is 39.3 Å². The number of methoxy groups -OCH3 is 1. The van der Waals surface area contributed by atoms with Gasteiger partial charge in [-0.05, 0) is 31.7 Å². The van der Waals surface area contributed by atoms with E-state index in [4.69, 9.17) is 4.74 Å². The predicted molar refractivity (Wildman–Crippen MR) is 113 cm³/mol. The van der Waals surface area contributed by atoms with Gasteiger partial charge in [-0.25, -0.2) is 9.79 Å². The van der Waals surface area contributed by atoms with E-state index < -0.39 is 16.9 Å². The van der Waals surface area contributed by atoms with Gasteiger partial charge in [0.2, 0.25) is 5.91 Å². The molecular weight excluding hydrogens is 408 g/mol. The molecule has 10 heteroatoms. The smallest absolute Gasteiger partial charge is 0.338 e. The first kappa shape index (κ1) is 21.6. The molecule has 1 aromatic rings. The first-order valence-electron chi connectivity index (χ1n) is 9.29. The van der Waals surface area contributed by atoms with Crippen LogP contribution in [0.2, 0.25) is 0 Å². The predicted octanol–water partition coefficient (Wildman–Crippen LogP) is 3.26. The topological polar surface area (TPSA) is 114 Å². The lowest BCUT2D eigenvalue weighted by Gasteiger charge is -2.36. The molecule has 2 aliphatic heterocycles. The molecule has 3 rings (SSSR count). The van der Waals surface area contributed by atoms with Crippen LogP contribution >= 0.6 is 11.8 Å². The number of benzene rings is 1. The molecule has 1 aromatic carbocycles. The van der Waals surface area contributed by atoms with Gasteiger partial charge in [-0.3, -0.25) is 14.9 Å². The van der Waals surface area contributed by atoms with Gasteiger partial charge < -0.3 is 15.0 Å². The van der Waals surface area contributed by atoms with E-state index in [0.717, 1.165) is 0 Å². The van der Waals surface area contributed by atoms with Gasteiger partial charge in [0.1, 0.15) is 0 Å². The monoisotopic (exact) mass is 430 g/mol. The van der Waals surface area contributed by atoms with E-state index in [-0.39, 0.29) is 29.6 Å². The van der Waals surface area contributed by atoms with Gasteiger partial charge in [-0.1, -0.05) is 23.9 Å². The lowest BCUT2D eigenvalue weighted by atomic mass is 9.93. The molecule has 0 aromatic heterocycles. The van der Waals surface area contributed by atoms with Gasteiger partial charge in [0, 0.05) is 23.9 Å². The summed E-state index contributed by atoms with van der Waals surface area (Å²) < 4.78 is 4.97. The van der Waals surface area contributed by atoms with Crippen molar-refractivity contribution >= 4 is 34.5 Å². The van der Waals surface area contributed by atoms with Crippen LogP contribution in [0, 0.1) is 10.1 Å².